The smallest absolute Gasteiger partial charge is 0.242 e. The zero-order valence-corrected chi connectivity index (χ0v) is 12.7. The van der Waals surface area contributed by atoms with E-state index in [4.69, 9.17) is 0 Å². The molecule has 5 nitrogen and oxygen atoms in total. The van der Waals surface area contributed by atoms with Gasteiger partial charge in [-0.05, 0) is 25.6 Å². The number of hydrogen-bond acceptors (Lipinski definition) is 4. The molecule has 3 rings (SSSR count). The number of nitrogens with zero attached hydrogens (tertiary/aromatic N) is 3. The maximum Gasteiger partial charge on any atom is 0.242 e. The fourth-order valence-corrected chi connectivity index (χ4v) is 3.00. The molecule has 0 radical (unpaired) electrons. The standard InChI is InChI=1S/C16H24N4O/c1-18-9-11-19(12-10-18)16(21)13-20-8-4-7-17-14-5-2-3-6-15(14)20/h2-3,5-6,17H,4,7-13H2,1H3. The predicted octanol–water partition coefficient (Wildman–Crippen LogP) is 1.08. The van der Waals surface area contributed by atoms with Gasteiger partial charge in [0, 0.05) is 39.3 Å². The molecule has 1 saturated heterocycles. The van der Waals surface area contributed by atoms with Gasteiger partial charge in [0.15, 0.2) is 0 Å². The van der Waals surface area contributed by atoms with Crippen LogP contribution in [0.15, 0.2) is 24.3 Å². The normalized spacial score (nSPS) is 19.7. The van der Waals surface area contributed by atoms with Gasteiger partial charge in [-0.1, -0.05) is 12.1 Å². The van der Waals surface area contributed by atoms with Crippen LogP contribution in [0.4, 0.5) is 11.4 Å². The lowest BCUT2D eigenvalue weighted by Crippen LogP contribution is -2.50. The van der Waals surface area contributed by atoms with Gasteiger partial charge in [0.25, 0.3) is 0 Å². The molecule has 0 unspecified atom stereocenters. The number of nitrogens with one attached hydrogen (secondary N) is 1. The van der Waals surface area contributed by atoms with Crippen LogP contribution in [0.1, 0.15) is 6.42 Å². The van der Waals surface area contributed by atoms with Crippen molar-refractivity contribution in [2.45, 2.75) is 6.42 Å². The van der Waals surface area contributed by atoms with Crippen LogP contribution >= 0.6 is 0 Å². The van der Waals surface area contributed by atoms with E-state index in [0.29, 0.717) is 6.54 Å². The average Bonchev–Trinajstić information content (AvgIpc) is 2.71. The number of carbonyl (C=O) groups is 1. The van der Waals surface area contributed by atoms with E-state index in [1.54, 1.807) is 0 Å². The fraction of sp³-hybridized carbons (Fsp3) is 0.562. The molecule has 5 heteroatoms. The molecule has 0 atom stereocenters. The minimum absolute atomic E-state index is 0.250. The monoisotopic (exact) mass is 288 g/mol. The first-order valence-electron chi connectivity index (χ1n) is 7.78. The Kier molecular flexibility index (Phi) is 4.29. The van der Waals surface area contributed by atoms with E-state index in [2.05, 4.69) is 34.3 Å². The fourth-order valence-electron chi connectivity index (χ4n) is 3.00. The van der Waals surface area contributed by atoms with Gasteiger partial charge in [0.05, 0.1) is 17.9 Å². The Balaban J connectivity index is 1.68. The summed E-state index contributed by atoms with van der Waals surface area (Å²) < 4.78 is 0. The second kappa shape index (κ2) is 6.35. The average molecular weight is 288 g/mol. The third-order valence-corrected chi connectivity index (χ3v) is 4.35. The number of likely N-dealkylation sites (N-methyl/N-ethyl adjacent to an activating group) is 1. The van der Waals surface area contributed by atoms with E-state index in [1.807, 2.05) is 17.0 Å². The summed E-state index contributed by atoms with van der Waals surface area (Å²) in [6.07, 6.45) is 1.06. The largest absolute Gasteiger partial charge is 0.383 e. The quantitative estimate of drug-likeness (QED) is 0.884. The highest BCUT2D eigenvalue weighted by Gasteiger charge is 2.23. The van der Waals surface area contributed by atoms with Gasteiger partial charge in [0.1, 0.15) is 0 Å². The molecule has 1 aromatic carbocycles. The van der Waals surface area contributed by atoms with E-state index in [0.717, 1.165) is 57.1 Å². The van der Waals surface area contributed by atoms with Crippen molar-refractivity contribution < 1.29 is 4.79 Å². The Labute approximate surface area is 126 Å². The highest BCUT2D eigenvalue weighted by molar-refractivity contribution is 5.84. The molecule has 2 heterocycles. The van der Waals surface area contributed by atoms with Crippen molar-refractivity contribution >= 4 is 17.3 Å². The lowest BCUT2D eigenvalue weighted by atomic mass is 10.2. The number of para-hydroxylation sites is 2. The SMILES string of the molecule is CN1CCN(C(=O)CN2CCCNc3ccccc32)CC1. The van der Waals surface area contributed by atoms with Crippen LogP contribution in [0.3, 0.4) is 0 Å². The second-order valence-corrected chi connectivity index (χ2v) is 5.90. The minimum atomic E-state index is 0.250. The molecular weight excluding hydrogens is 264 g/mol. The van der Waals surface area contributed by atoms with Gasteiger partial charge >= 0.3 is 0 Å². The van der Waals surface area contributed by atoms with Crippen molar-refractivity contribution in [3.05, 3.63) is 24.3 Å². The summed E-state index contributed by atoms with van der Waals surface area (Å²) in [4.78, 5) is 19.0. The first kappa shape index (κ1) is 14.2. The van der Waals surface area contributed by atoms with Crippen molar-refractivity contribution in [2.75, 3.05) is 63.1 Å². The summed E-state index contributed by atoms with van der Waals surface area (Å²) in [5.74, 6) is 0.250. The van der Waals surface area contributed by atoms with Crippen molar-refractivity contribution in [3.8, 4) is 0 Å². The Morgan fingerprint density at radius 1 is 1.14 bits per heavy atom. The number of rotatable bonds is 2. The van der Waals surface area contributed by atoms with Crippen LogP contribution in [0.2, 0.25) is 0 Å². The first-order chi connectivity index (χ1) is 10.2. The summed E-state index contributed by atoms with van der Waals surface area (Å²) in [6, 6.07) is 8.27. The second-order valence-electron chi connectivity index (χ2n) is 5.90. The van der Waals surface area contributed by atoms with Crippen molar-refractivity contribution in [3.63, 3.8) is 0 Å². The molecule has 2 aliphatic heterocycles. The molecule has 0 aromatic heterocycles. The topological polar surface area (TPSA) is 38.8 Å². The van der Waals surface area contributed by atoms with E-state index in [1.165, 1.54) is 0 Å². The van der Waals surface area contributed by atoms with Crippen LogP contribution < -0.4 is 10.2 Å². The number of piperazine rings is 1. The van der Waals surface area contributed by atoms with Gasteiger partial charge in [0.2, 0.25) is 5.91 Å². The highest BCUT2D eigenvalue weighted by Crippen LogP contribution is 2.27. The number of amides is 1. The predicted molar refractivity (Wildman–Crippen MR) is 85.8 cm³/mol. The Bertz CT molecular complexity index is 497. The zero-order chi connectivity index (χ0) is 14.7. The number of carbonyl (C=O) groups excluding carboxylic acids is 1. The third kappa shape index (κ3) is 3.29. The summed E-state index contributed by atoms with van der Waals surface area (Å²) in [5, 5.41) is 3.44. The van der Waals surface area contributed by atoms with Crippen LogP contribution in [0.5, 0.6) is 0 Å². The lowest BCUT2D eigenvalue weighted by Gasteiger charge is -2.34. The molecule has 0 spiro atoms. The van der Waals surface area contributed by atoms with Crippen LogP contribution in [0.25, 0.3) is 0 Å². The number of hydrogen-bond donors (Lipinski definition) is 1. The van der Waals surface area contributed by atoms with Crippen LogP contribution in [0, 0.1) is 0 Å². The van der Waals surface area contributed by atoms with Crippen LogP contribution in [-0.4, -0.2) is 68.6 Å². The van der Waals surface area contributed by atoms with E-state index in [-0.39, 0.29) is 5.91 Å². The molecular formula is C16H24N4O. The third-order valence-electron chi connectivity index (χ3n) is 4.35. The first-order valence-corrected chi connectivity index (χ1v) is 7.78. The van der Waals surface area contributed by atoms with E-state index < -0.39 is 0 Å². The Morgan fingerprint density at radius 3 is 2.71 bits per heavy atom. The van der Waals surface area contributed by atoms with Crippen molar-refractivity contribution in [1.82, 2.24) is 9.80 Å². The Hall–Kier alpha value is -1.75. The van der Waals surface area contributed by atoms with Gasteiger partial charge in [-0.25, -0.2) is 0 Å². The van der Waals surface area contributed by atoms with Gasteiger partial charge < -0.3 is 20.0 Å². The summed E-state index contributed by atoms with van der Waals surface area (Å²) in [7, 11) is 2.11. The maximum atomic E-state index is 12.5. The van der Waals surface area contributed by atoms with Crippen LogP contribution in [-0.2, 0) is 4.79 Å². The molecule has 0 aliphatic carbocycles. The molecule has 1 N–H and O–H groups in total. The van der Waals surface area contributed by atoms with Crippen molar-refractivity contribution in [1.29, 1.82) is 0 Å². The highest BCUT2D eigenvalue weighted by atomic mass is 16.2. The molecule has 0 bridgehead atoms. The van der Waals surface area contributed by atoms with Gasteiger partial charge in [-0.2, -0.15) is 0 Å². The molecule has 2 aliphatic rings. The van der Waals surface area contributed by atoms with E-state index in [9.17, 15) is 4.79 Å². The number of benzene rings is 1. The van der Waals surface area contributed by atoms with E-state index >= 15 is 0 Å². The maximum absolute atomic E-state index is 12.5. The minimum Gasteiger partial charge on any atom is -0.383 e. The van der Waals surface area contributed by atoms with Crippen molar-refractivity contribution in [2.24, 2.45) is 0 Å². The molecule has 0 saturated carbocycles. The molecule has 1 amide bonds. The molecule has 1 fully saturated rings. The molecule has 114 valence electrons. The number of fused-ring (bicyclic) bond motifs is 1. The summed E-state index contributed by atoms with van der Waals surface area (Å²) in [6.45, 7) is 6.04. The molecule has 1 aromatic rings. The summed E-state index contributed by atoms with van der Waals surface area (Å²) in [5.41, 5.74) is 2.29. The Morgan fingerprint density at radius 2 is 1.90 bits per heavy atom. The molecule has 21 heavy (non-hydrogen) atoms. The zero-order valence-electron chi connectivity index (χ0n) is 12.7. The van der Waals surface area contributed by atoms with Gasteiger partial charge in [-0.3, -0.25) is 4.79 Å². The summed E-state index contributed by atoms with van der Waals surface area (Å²) >= 11 is 0. The lowest BCUT2D eigenvalue weighted by molar-refractivity contribution is -0.131. The van der Waals surface area contributed by atoms with Gasteiger partial charge in [-0.15, -0.1) is 0 Å². The number of anilines is 2.